The molecule has 0 aliphatic heterocycles. The first-order valence-corrected chi connectivity index (χ1v) is 6.90. The number of aromatic hydroxyl groups is 1. The molecule has 0 saturated heterocycles. The molecule has 0 saturated carbocycles. The van der Waals surface area contributed by atoms with E-state index in [2.05, 4.69) is 0 Å². The topological polar surface area (TPSA) is 85.6 Å². The second-order valence-electron chi connectivity index (χ2n) is 6.14. The number of fused-ring (bicyclic) bond motifs is 1. The quantitative estimate of drug-likeness (QED) is 0.833. The minimum Gasteiger partial charge on any atom is -0.507 e. The fourth-order valence-electron chi connectivity index (χ4n) is 2.46. The van der Waals surface area contributed by atoms with Crippen LogP contribution in [0.1, 0.15) is 49.7 Å². The van der Waals surface area contributed by atoms with Crippen LogP contribution < -0.4 is 5.56 Å². The summed E-state index contributed by atoms with van der Waals surface area (Å²) in [5, 5.41) is 9.80. The lowest BCUT2D eigenvalue weighted by molar-refractivity contribution is -0.155. The maximum Gasteiger partial charge on any atom is 0.326 e. The summed E-state index contributed by atoms with van der Waals surface area (Å²) >= 11 is 0. The van der Waals surface area contributed by atoms with Gasteiger partial charge in [-0.1, -0.05) is 0 Å². The van der Waals surface area contributed by atoms with Gasteiger partial charge in [0.1, 0.15) is 17.9 Å². The number of esters is 1. The van der Waals surface area contributed by atoms with E-state index >= 15 is 0 Å². The van der Waals surface area contributed by atoms with Crippen molar-refractivity contribution in [1.82, 2.24) is 4.57 Å². The van der Waals surface area contributed by atoms with Crippen molar-refractivity contribution in [2.45, 2.75) is 52.2 Å². The molecule has 0 amide bonds. The van der Waals surface area contributed by atoms with Gasteiger partial charge in [0.2, 0.25) is 0 Å². The number of pyridine rings is 1. The van der Waals surface area contributed by atoms with Crippen LogP contribution in [-0.2, 0) is 22.5 Å². The lowest BCUT2D eigenvalue weighted by Crippen LogP contribution is -2.33. The van der Waals surface area contributed by atoms with Crippen LogP contribution in [0.15, 0.2) is 10.9 Å². The fourth-order valence-corrected chi connectivity index (χ4v) is 2.46. The standard InChI is InChI=1S/C15H19NO5/c1-15(2,3)21-13(20)8-16-9-5-4-6-10(17)14(9)11(18)7-12(16)19/h7,18H,4-6,8H2,1-3H3. The highest BCUT2D eigenvalue weighted by Crippen LogP contribution is 2.27. The molecule has 1 aliphatic carbocycles. The molecule has 0 aromatic carbocycles. The van der Waals surface area contributed by atoms with Gasteiger partial charge in [-0.25, -0.2) is 0 Å². The number of aromatic nitrogens is 1. The van der Waals surface area contributed by atoms with Crippen molar-refractivity contribution in [2.24, 2.45) is 0 Å². The molecule has 1 aliphatic rings. The average molecular weight is 293 g/mol. The Morgan fingerprint density at radius 3 is 2.62 bits per heavy atom. The number of nitrogens with zero attached hydrogens (tertiary/aromatic N) is 1. The molecule has 1 N–H and O–H groups in total. The summed E-state index contributed by atoms with van der Waals surface area (Å²) in [6.07, 6.45) is 1.42. The molecule has 0 fully saturated rings. The van der Waals surface area contributed by atoms with Crippen molar-refractivity contribution < 1.29 is 19.4 Å². The Hall–Kier alpha value is -2.11. The van der Waals surface area contributed by atoms with E-state index in [9.17, 15) is 19.5 Å². The first kappa shape index (κ1) is 15.3. The van der Waals surface area contributed by atoms with Gasteiger partial charge in [0.05, 0.1) is 5.56 Å². The molecule has 0 radical (unpaired) electrons. The maximum absolute atomic E-state index is 12.0. The normalized spacial score (nSPS) is 14.7. The number of rotatable bonds is 2. The summed E-state index contributed by atoms with van der Waals surface area (Å²) in [5.41, 5.74) is -0.577. The number of ether oxygens (including phenoxy) is 1. The third-order valence-electron chi connectivity index (χ3n) is 3.20. The van der Waals surface area contributed by atoms with E-state index in [1.54, 1.807) is 20.8 Å². The van der Waals surface area contributed by atoms with Crippen LogP contribution in [0.2, 0.25) is 0 Å². The van der Waals surface area contributed by atoms with E-state index in [1.807, 2.05) is 0 Å². The Labute approximate surface area is 122 Å². The Kier molecular flexibility index (Phi) is 3.89. The number of Topliss-reactive ketones (excluding diaryl/α,β-unsaturated/α-hetero) is 1. The molecule has 2 rings (SSSR count). The van der Waals surface area contributed by atoms with Crippen molar-refractivity contribution in [3.63, 3.8) is 0 Å². The molecular weight excluding hydrogens is 274 g/mol. The zero-order chi connectivity index (χ0) is 15.8. The minimum absolute atomic E-state index is 0.157. The zero-order valence-electron chi connectivity index (χ0n) is 12.4. The summed E-state index contributed by atoms with van der Waals surface area (Å²) in [5.74, 6) is -1.05. The minimum atomic E-state index is -0.645. The summed E-state index contributed by atoms with van der Waals surface area (Å²) in [6.45, 7) is 4.96. The van der Waals surface area contributed by atoms with Gasteiger partial charge in [0.15, 0.2) is 5.78 Å². The Morgan fingerprint density at radius 1 is 1.33 bits per heavy atom. The van der Waals surface area contributed by atoms with Gasteiger partial charge in [0, 0.05) is 18.2 Å². The first-order valence-electron chi connectivity index (χ1n) is 6.90. The highest BCUT2D eigenvalue weighted by molar-refractivity contribution is 6.00. The number of hydrogen-bond donors (Lipinski definition) is 1. The van der Waals surface area contributed by atoms with Gasteiger partial charge in [-0.2, -0.15) is 0 Å². The lowest BCUT2D eigenvalue weighted by atomic mass is 9.93. The molecular formula is C15H19NO5. The lowest BCUT2D eigenvalue weighted by Gasteiger charge is -2.23. The Morgan fingerprint density at radius 2 is 2.00 bits per heavy atom. The SMILES string of the molecule is CC(C)(C)OC(=O)Cn1c2c(c(O)cc1=O)C(=O)CCC2. The molecule has 6 heteroatoms. The van der Waals surface area contributed by atoms with Gasteiger partial charge in [-0.3, -0.25) is 14.4 Å². The van der Waals surface area contributed by atoms with E-state index in [0.29, 0.717) is 25.0 Å². The Balaban J connectivity index is 2.41. The smallest absolute Gasteiger partial charge is 0.326 e. The van der Waals surface area contributed by atoms with Crippen molar-refractivity contribution in [1.29, 1.82) is 0 Å². The van der Waals surface area contributed by atoms with Crippen LogP contribution in [0.4, 0.5) is 0 Å². The van der Waals surface area contributed by atoms with Crippen LogP contribution >= 0.6 is 0 Å². The molecule has 1 aromatic heterocycles. The highest BCUT2D eigenvalue weighted by atomic mass is 16.6. The second kappa shape index (κ2) is 5.35. The molecule has 0 bridgehead atoms. The summed E-state index contributed by atoms with van der Waals surface area (Å²) in [6, 6.07) is 0.979. The summed E-state index contributed by atoms with van der Waals surface area (Å²) in [7, 11) is 0. The van der Waals surface area contributed by atoms with E-state index < -0.39 is 17.1 Å². The third kappa shape index (κ3) is 3.32. The van der Waals surface area contributed by atoms with E-state index in [1.165, 1.54) is 4.57 Å². The van der Waals surface area contributed by atoms with E-state index in [4.69, 9.17) is 4.74 Å². The Bertz CT molecular complexity index is 651. The van der Waals surface area contributed by atoms with Crippen molar-refractivity contribution in [3.8, 4) is 5.75 Å². The summed E-state index contributed by atoms with van der Waals surface area (Å²) < 4.78 is 6.42. The molecule has 0 spiro atoms. The molecule has 1 aromatic rings. The first-order chi connectivity index (χ1) is 9.69. The van der Waals surface area contributed by atoms with Crippen LogP contribution in [-0.4, -0.2) is 27.0 Å². The second-order valence-corrected chi connectivity index (χ2v) is 6.14. The van der Waals surface area contributed by atoms with E-state index in [0.717, 1.165) is 6.07 Å². The van der Waals surface area contributed by atoms with Gasteiger partial charge >= 0.3 is 5.97 Å². The van der Waals surface area contributed by atoms with Gasteiger partial charge in [0.25, 0.3) is 5.56 Å². The zero-order valence-corrected chi connectivity index (χ0v) is 12.4. The van der Waals surface area contributed by atoms with Crippen molar-refractivity contribution in [3.05, 3.63) is 27.7 Å². The third-order valence-corrected chi connectivity index (χ3v) is 3.20. The number of carbonyl (C=O) groups excluding carboxylic acids is 2. The van der Waals surface area contributed by atoms with Crippen LogP contribution in [0.25, 0.3) is 0 Å². The van der Waals surface area contributed by atoms with Crippen LogP contribution in [0.5, 0.6) is 5.75 Å². The van der Waals surface area contributed by atoms with E-state index in [-0.39, 0.29) is 23.6 Å². The largest absolute Gasteiger partial charge is 0.507 e. The predicted octanol–water partition coefficient (Wildman–Crippen LogP) is 1.41. The molecule has 21 heavy (non-hydrogen) atoms. The molecule has 0 unspecified atom stereocenters. The monoisotopic (exact) mass is 293 g/mol. The molecule has 6 nitrogen and oxygen atoms in total. The fraction of sp³-hybridized carbons (Fsp3) is 0.533. The molecule has 1 heterocycles. The predicted molar refractivity (Wildman–Crippen MR) is 75.5 cm³/mol. The van der Waals surface area contributed by atoms with Gasteiger partial charge < -0.3 is 14.4 Å². The van der Waals surface area contributed by atoms with Gasteiger partial charge in [-0.05, 0) is 33.6 Å². The number of ketones is 1. The maximum atomic E-state index is 12.0. The average Bonchev–Trinajstić information content (AvgIpc) is 2.31. The van der Waals surface area contributed by atoms with Crippen LogP contribution in [0.3, 0.4) is 0 Å². The van der Waals surface area contributed by atoms with Crippen molar-refractivity contribution >= 4 is 11.8 Å². The van der Waals surface area contributed by atoms with Gasteiger partial charge in [-0.15, -0.1) is 0 Å². The summed E-state index contributed by atoms with van der Waals surface area (Å²) in [4.78, 5) is 35.8. The highest BCUT2D eigenvalue weighted by Gasteiger charge is 2.26. The molecule has 114 valence electrons. The number of hydrogen-bond acceptors (Lipinski definition) is 5. The van der Waals surface area contributed by atoms with Crippen LogP contribution in [0, 0.1) is 0 Å². The molecule has 0 atom stereocenters. The van der Waals surface area contributed by atoms with Crippen molar-refractivity contribution in [2.75, 3.05) is 0 Å². The number of carbonyl (C=O) groups is 2.